The summed E-state index contributed by atoms with van der Waals surface area (Å²) in [6.07, 6.45) is -1.17. The number of nitrogens with zero attached hydrogens (tertiary/aromatic N) is 1. The minimum absolute atomic E-state index is 0.0307. The number of ether oxygens (including phenoxy) is 13. The molecule has 0 saturated heterocycles. The molecule has 4 rings (SSSR count). The highest BCUT2D eigenvalue weighted by Gasteiger charge is 2.29. The number of hydrogen-bond donors (Lipinski definition) is 3. The van der Waals surface area contributed by atoms with Crippen LogP contribution in [0.5, 0.6) is 17.2 Å². The second-order valence-electron chi connectivity index (χ2n) is 16.4. The van der Waals surface area contributed by atoms with E-state index in [0.29, 0.717) is 129 Å². The highest BCUT2D eigenvalue weighted by Crippen LogP contribution is 2.34. The lowest BCUT2D eigenvalue weighted by molar-refractivity contribution is -0.645. The molecule has 0 bridgehead atoms. The normalized spacial score (nSPS) is 11.9. The van der Waals surface area contributed by atoms with Gasteiger partial charge in [0.2, 0.25) is 11.0 Å². The molecule has 1 aromatic heterocycles. The van der Waals surface area contributed by atoms with Crippen LogP contribution in [-0.2, 0) is 64.0 Å². The number of rotatable bonds is 39. The Morgan fingerprint density at radius 3 is 1.50 bits per heavy atom. The number of hydrogen-bond acceptors (Lipinski definition) is 18. The van der Waals surface area contributed by atoms with Gasteiger partial charge in [0.25, 0.3) is 16.0 Å². The van der Waals surface area contributed by atoms with Crippen LogP contribution >= 0.6 is 0 Å². The maximum Gasteiger partial charge on any atom is 0.345 e. The Labute approximate surface area is 422 Å². The van der Waals surface area contributed by atoms with Gasteiger partial charge in [0.15, 0.2) is 6.54 Å². The summed E-state index contributed by atoms with van der Waals surface area (Å²) in [5.41, 5.74) is 8.03. The third kappa shape index (κ3) is 20.7. The molecule has 21 nitrogen and oxygen atoms in total. The molecular formula is C50H74N3O18S+. The predicted molar refractivity (Wildman–Crippen MR) is 266 cm³/mol. The minimum Gasteiger partial charge on any atom is -0.486 e. The number of amides is 1. The molecule has 0 aliphatic heterocycles. The van der Waals surface area contributed by atoms with Crippen molar-refractivity contribution in [2.24, 2.45) is 5.73 Å². The molecule has 0 radical (unpaired) electrons. The second-order valence-corrected chi connectivity index (χ2v) is 17.9. The van der Waals surface area contributed by atoms with E-state index in [4.69, 9.17) is 67.3 Å². The zero-order chi connectivity index (χ0) is 52.1. The number of nitrogens with one attached hydrogen (secondary N) is 1. The fraction of sp³-hybridized carbons (Fsp3) is 0.580. The van der Waals surface area contributed by atoms with Crippen LogP contribution in [0.4, 0.5) is 0 Å². The van der Waals surface area contributed by atoms with Crippen LogP contribution in [0, 0.1) is 13.8 Å². The molecule has 0 spiro atoms. The molecule has 1 amide bonds. The monoisotopic (exact) mass is 1040 g/mol. The van der Waals surface area contributed by atoms with Crippen molar-refractivity contribution in [1.29, 1.82) is 0 Å². The van der Waals surface area contributed by atoms with Crippen molar-refractivity contribution in [3.63, 3.8) is 0 Å². The summed E-state index contributed by atoms with van der Waals surface area (Å²) in [5, 5.41) is 3.62. The molecule has 4 aromatic rings. The highest BCUT2D eigenvalue weighted by atomic mass is 32.2. The molecule has 4 N–H and O–H groups in total. The molecule has 0 unspecified atom stereocenters. The predicted octanol–water partition coefficient (Wildman–Crippen LogP) is 3.26. The lowest BCUT2D eigenvalue weighted by atomic mass is 10.0. The number of aromatic nitrogens is 1. The van der Waals surface area contributed by atoms with Crippen molar-refractivity contribution in [3.8, 4) is 17.2 Å². The number of carbonyl (C=O) groups is 2. The van der Waals surface area contributed by atoms with Gasteiger partial charge in [0, 0.05) is 65.6 Å². The number of methoxy groups -OCH3 is 4. The zero-order valence-corrected chi connectivity index (χ0v) is 43.3. The van der Waals surface area contributed by atoms with E-state index in [9.17, 15) is 17.8 Å². The van der Waals surface area contributed by atoms with E-state index >= 15 is 4.79 Å². The summed E-state index contributed by atoms with van der Waals surface area (Å²) in [5.74, 6) is -0.631. The van der Waals surface area contributed by atoms with Gasteiger partial charge in [0.05, 0.1) is 128 Å². The Bertz CT molecular complexity index is 2230. The van der Waals surface area contributed by atoms with Crippen molar-refractivity contribution in [1.82, 2.24) is 5.32 Å². The Hall–Kier alpha value is -4.66. The van der Waals surface area contributed by atoms with Crippen LogP contribution in [0.25, 0.3) is 21.8 Å². The van der Waals surface area contributed by atoms with Gasteiger partial charge < -0.3 is 72.6 Å². The number of pyridine rings is 1. The summed E-state index contributed by atoms with van der Waals surface area (Å²) in [7, 11) is 1.99. The number of benzene rings is 3. The van der Waals surface area contributed by atoms with Crippen LogP contribution in [0.1, 0.15) is 38.3 Å². The van der Waals surface area contributed by atoms with Gasteiger partial charge in [0.1, 0.15) is 29.5 Å². The molecule has 0 saturated carbocycles. The number of aryl methyl sites for hydroxylation is 3. The first-order chi connectivity index (χ1) is 34.8. The van der Waals surface area contributed by atoms with Gasteiger partial charge in [-0.3, -0.25) is 9.35 Å². The van der Waals surface area contributed by atoms with Gasteiger partial charge >= 0.3 is 5.97 Å². The summed E-state index contributed by atoms with van der Waals surface area (Å²) in [4.78, 5) is 28.4. The fourth-order valence-corrected chi connectivity index (χ4v) is 7.86. The van der Waals surface area contributed by atoms with Gasteiger partial charge in [-0.15, -0.1) is 0 Å². The Morgan fingerprint density at radius 2 is 1.07 bits per heavy atom. The summed E-state index contributed by atoms with van der Waals surface area (Å²) in [6.45, 7) is 9.08. The van der Waals surface area contributed by atoms with Gasteiger partial charge in [-0.1, -0.05) is 0 Å². The van der Waals surface area contributed by atoms with Crippen LogP contribution in [0.2, 0.25) is 0 Å². The fourth-order valence-electron chi connectivity index (χ4n) is 7.36. The summed E-state index contributed by atoms with van der Waals surface area (Å²) in [6, 6.07) is 13.7. The molecule has 72 heavy (non-hydrogen) atoms. The number of carbonyl (C=O) groups excluding carboxylic acids is 2. The molecule has 0 aliphatic carbocycles. The molecule has 0 fully saturated rings. The SMILES string of the molecule is COCCOCC(COCCOC)Oc1ccc2c(c1)c(C(=O)Oc1c(C)cc(C(=O)NCCOCCOCCN)cc1C)c1cc(OC(COCCOC)COCCOC)ccc1[n+]2CCCS(=O)(=O)O. The summed E-state index contributed by atoms with van der Waals surface area (Å²) >= 11 is 0. The molecular weight excluding hydrogens is 963 g/mol. The average Bonchev–Trinajstić information content (AvgIpc) is 3.35. The molecule has 3 aromatic carbocycles. The van der Waals surface area contributed by atoms with E-state index in [0.717, 1.165) is 0 Å². The highest BCUT2D eigenvalue weighted by molar-refractivity contribution is 7.85. The van der Waals surface area contributed by atoms with E-state index in [1.54, 1.807) is 90.8 Å². The average molecular weight is 1040 g/mol. The van der Waals surface area contributed by atoms with Crippen molar-refractivity contribution in [2.45, 2.75) is 39.0 Å². The second kappa shape index (κ2) is 33.2. The van der Waals surface area contributed by atoms with Crippen molar-refractivity contribution < 1.29 is 88.7 Å². The molecule has 1 heterocycles. The number of esters is 1. The zero-order valence-electron chi connectivity index (χ0n) is 42.4. The Kier molecular flexibility index (Phi) is 27.6. The van der Waals surface area contributed by atoms with Crippen LogP contribution in [0.15, 0.2) is 48.5 Å². The molecule has 0 aliphatic rings. The molecule has 402 valence electrons. The van der Waals surface area contributed by atoms with E-state index in [-0.39, 0.29) is 69.8 Å². The first-order valence-electron chi connectivity index (χ1n) is 23.8. The van der Waals surface area contributed by atoms with Crippen molar-refractivity contribution in [2.75, 3.05) is 153 Å². The van der Waals surface area contributed by atoms with Crippen molar-refractivity contribution in [3.05, 3.63) is 70.8 Å². The van der Waals surface area contributed by atoms with Crippen LogP contribution < -0.4 is 29.8 Å². The Balaban J connectivity index is 1.85. The topological polar surface area (TPSA) is 250 Å². The van der Waals surface area contributed by atoms with E-state index in [1.165, 1.54) is 0 Å². The standard InChI is InChI=1S/C50H73N3O18S/c1-36-28-38(49(54)52-13-16-64-26-25-63-15-12-51)29-37(2)48(36)71-50(55)47-43-30-39(69-41(32-65-21-17-59-3)33-66-22-18-60-4)8-10-45(43)53(14-7-27-72(56,57)58)46-11-9-40(31-44(46)47)70-42(34-67-23-19-61-5)35-68-24-20-62-6/h8-11,28-31,41-42H,7,12-27,32-35,51H2,1-6H3,(H-,52,54,56,57,58)/p+1. The maximum atomic E-state index is 15.1. The van der Waals surface area contributed by atoms with Gasteiger partial charge in [-0.25, -0.2) is 4.79 Å². The minimum atomic E-state index is -4.32. The van der Waals surface area contributed by atoms with E-state index < -0.39 is 34.0 Å². The lowest BCUT2D eigenvalue weighted by Gasteiger charge is -2.21. The lowest BCUT2D eigenvalue weighted by Crippen LogP contribution is -2.37. The first-order valence-corrected chi connectivity index (χ1v) is 25.4. The molecule has 22 heteroatoms. The van der Waals surface area contributed by atoms with Gasteiger partial charge in [-0.05, 0) is 61.4 Å². The van der Waals surface area contributed by atoms with E-state index in [1.807, 2.05) is 4.57 Å². The Morgan fingerprint density at radius 1 is 0.625 bits per heavy atom. The van der Waals surface area contributed by atoms with Crippen LogP contribution in [-0.4, -0.2) is 190 Å². The van der Waals surface area contributed by atoms with E-state index in [2.05, 4.69) is 5.32 Å². The largest absolute Gasteiger partial charge is 0.486 e. The third-order valence-electron chi connectivity index (χ3n) is 10.7. The maximum absolute atomic E-state index is 15.1. The third-order valence-corrected chi connectivity index (χ3v) is 11.5. The van der Waals surface area contributed by atoms with Crippen molar-refractivity contribution >= 4 is 43.8 Å². The molecule has 0 atom stereocenters. The van der Waals surface area contributed by atoms with Gasteiger partial charge in [-0.2, -0.15) is 13.0 Å². The smallest absolute Gasteiger partial charge is 0.345 e. The van der Waals surface area contributed by atoms with Crippen LogP contribution in [0.3, 0.4) is 0 Å². The number of fused-ring (bicyclic) bond motifs is 2. The summed E-state index contributed by atoms with van der Waals surface area (Å²) < 4.78 is 110. The number of nitrogens with two attached hydrogens (primary N) is 1. The quantitative estimate of drug-likeness (QED) is 0.0145. The first kappa shape index (κ1) is 59.9.